The maximum absolute atomic E-state index is 5.34. The summed E-state index contributed by atoms with van der Waals surface area (Å²) in [7, 11) is 0. The zero-order valence-electron chi connectivity index (χ0n) is 17.6. The third-order valence-corrected chi connectivity index (χ3v) is 4.09. The number of nitrogens with one attached hydrogen (secondary N) is 1. The highest BCUT2D eigenvalue weighted by molar-refractivity contribution is 5.86. The zero-order chi connectivity index (χ0) is 20.5. The minimum atomic E-state index is 0. The van der Waals surface area contributed by atoms with Crippen molar-refractivity contribution in [3.05, 3.63) is 65.4 Å². The van der Waals surface area contributed by atoms with Gasteiger partial charge in [0, 0.05) is 24.5 Å². The number of hydroxylamine groups is 1. The number of pyridine rings is 1. The van der Waals surface area contributed by atoms with E-state index in [1.54, 1.807) is 6.20 Å². The SMILES string of the molecule is Cc1ccc2nc(C=Cc3ccccn3)nc(CCNOCCN=C(N)N)c2c1.Cl.Cl.Cl. The lowest BCUT2D eigenvalue weighted by molar-refractivity contribution is 0.0478. The summed E-state index contributed by atoms with van der Waals surface area (Å²) in [4.78, 5) is 22.9. The summed E-state index contributed by atoms with van der Waals surface area (Å²) >= 11 is 0. The van der Waals surface area contributed by atoms with Gasteiger partial charge in [0.15, 0.2) is 11.8 Å². The summed E-state index contributed by atoms with van der Waals surface area (Å²) in [6.45, 7) is 3.46. The van der Waals surface area contributed by atoms with Crippen molar-refractivity contribution in [2.24, 2.45) is 16.5 Å². The number of hydrogen-bond donors (Lipinski definition) is 3. The molecule has 0 amide bonds. The fourth-order valence-corrected chi connectivity index (χ4v) is 2.76. The summed E-state index contributed by atoms with van der Waals surface area (Å²) in [6.07, 6.45) is 6.23. The van der Waals surface area contributed by atoms with Gasteiger partial charge in [0.1, 0.15) is 0 Å². The molecule has 1 aromatic carbocycles. The summed E-state index contributed by atoms with van der Waals surface area (Å²) in [5.41, 5.74) is 17.4. The highest BCUT2D eigenvalue weighted by Crippen LogP contribution is 2.19. The maximum atomic E-state index is 5.34. The highest BCUT2D eigenvalue weighted by Gasteiger charge is 2.07. The van der Waals surface area contributed by atoms with Gasteiger partial charge in [-0.05, 0) is 43.3 Å². The van der Waals surface area contributed by atoms with E-state index in [1.807, 2.05) is 36.4 Å². The Hall–Kier alpha value is -2.49. The van der Waals surface area contributed by atoms with E-state index < -0.39 is 0 Å². The van der Waals surface area contributed by atoms with Crippen LogP contribution in [-0.4, -0.2) is 40.6 Å². The number of benzene rings is 1. The topological polar surface area (TPSA) is 124 Å². The summed E-state index contributed by atoms with van der Waals surface area (Å²) in [6, 6.07) is 11.9. The van der Waals surface area contributed by atoms with Gasteiger partial charge >= 0.3 is 0 Å². The van der Waals surface area contributed by atoms with Crippen molar-refractivity contribution in [1.82, 2.24) is 20.4 Å². The smallest absolute Gasteiger partial charge is 0.185 e. The number of nitrogens with zero attached hydrogens (tertiary/aromatic N) is 4. The third kappa shape index (κ3) is 9.33. The molecule has 0 aliphatic heterocycles. The standard InChI is InChI=1S/C21H25N7O.3ClH/c1-15-5-7-18-17(14-15)19(9-11-26-29-13-12-25-21(22)23)28-20(27-18)8-6-16-4-2-3-10-24-16;;;/h2-8,10,14,26H,9,11-13H2,1H3,(H4,22,23,25);3*1H. The molecule has 2 heterocycles. The summed E-state index contributed by atoms with van der Waals surface area (Å²) < 4.78 is 0. The predicted molar refractivity (Wildman–Crippen MR) is 138 cm³/mol. The molecule has 32 heavy (non-hydrogen) atoms. The molecule has 0 bridgehead atoms. The molecule has 8 nitrogen and oxygen atoms in total. The first-order chi connectivity index (χ1) is 14.1. The van der Waals surface area contributed by atoms with Gasteiger partial charge in [0.25, 0.3) is 0 Å². The van der Waals surface area contributed by atoms with Crippen LogP contribution in [0.15, 0.2) is 47.6 Å². The number of aryl methyl sites for hydroxylation is 1. The van der Waals surface area contributed by atoms with E-state index in [9.17, 15) is 0 Å². The van der Waals surface area contributed by atoms with E-state index in [0.29, 0.717) is 31.9 Å². The largest absolute Gasteiger partial charge is 0.370 e. The number of rotatable bonds is 9. The fourth-order valence-electron chi connectivity index (χ4n) is 2.76. The maximum Gasteiger partial charge on any atom is 0.185 e. The molecule has 0 saturated heterocycles. The summed E-state index contributed by atoms with van der Waals surface area (Å²) in [5.74, 6) is 0.707. The fraction of sp³-hybridized carbons (Fsp3) is 0.238. The molecule has 0 radical (unpaired) electrons. The van der Waals surface area contributed by atoms with E-state index in [0.717, 1.165) is 22.3 Å². The van der Waals surface area contributed by atoms with Crippen LogP contribution in [0.5, 0.6) is 0 Å². The molecule has 0 spiro atoms. The second kappa shape index (κ2) is 15.3. The first kappa shape index (κ1) is 29.5. The molecular weight excluding hydrogens is 473 g/mol. The molecule has 5 N–H and O–H groups in total. The number of hydrogen-bond acceptors (Lipinski definition) is 6. The average molecular weight is 501 g/mol. The van der Waals surface area contributed by atoms with E-state index >= 15 is 0 Å². The summed E-state index contributed by atoms with van der Waals surface area (Å²) in [5, 5.41) is 1.04. The van der Waals surface area contributed by atoms with Crippen molar-refractivity contribution in [3.8, 4) is 0 Å². The van der Waals surface area contributed by atoms with Gasteiger partial charge in [0.2, 0.25) is 0 Å². The van der Waals surface area contributed by atoms with Crippen molar-refractivity contribution >= 4 is 66.2 Å². The first-order valence-electron chi connectivity index (χ1n) is 9.38. The van der Waals surface area contributed by atoms with Gasteiger partial charge in [-0.3, -0.25) is 14.8 Å². The predicted octanol–water partition coefficient (Wildman–Crippen LogP) is 3.11. The molecule has 0 saturated carbocycles. The zero-order valence-corrected chi connectivity index (χ0v) is 20.1. The van der Waals surface area contributed by atoms with Crippen molar-refractivity contribution in [2.45, 2.75) is 13.3 Å². The molecular formula is C21H28Cl3N7O. The number of aliphatic imine (C=N–C) groups is 1. The molecule has 0 aliphatic carbocycles. The molecule has 0 aliphatic rings. The van der Waals surface area contributed by atoms with Gasteiger partial charge in [0.05, 0.1) is 30.1 Å². The molecule has 2 aromatic heterocycles. The van der Waals surface area contributed by atoms with Crippen LogP contribution in [0, 0.1) is 6.92 Å². The van der Waals surface area contributed by atoms with Crippen molar-refractivity contribution in [3.63, 3.8) is 0 Å². The molecule has 11 heteroatoms. The number of halogens is 3. The lowest BCUT2D eigenvalue weighted by Crippen LogP contribution is -2.25. The number of aromatic nitrogens is 3. The van der Waals surface area contributed by atoms with E-state index in [2.05, 4.69) is 39.5 Å². The minimum Gasteiger partial charge on any atom is -0.370 e. The van der Waals surface area contributed by atoms with Crippen LogP contribution in [-0.2, 0) is 11.3 Å². The van der Waals surface area contributed by atoms with Gasteiger partial charge in [-0.1, -0.05) is 17.7 Å². The van der Waals surface area contributed by atoms with Gasteiger partial charge < -0.3 is 11.5 Å². The number of fused-ring (bicyclic) bond motifs is 1. The van der Waals surface area contributed by atoms with Crippen LogP contribution >= 0.6 is 37.2 Å². The van der Waals surface area contributed by atoms with Crippen LogP contribution < -0.4 is 16.9 Å². The van der Waals surface area contributed by atoms with Gasteiger partial charge in [-0.25, -0.2) is 15.4 Å². The monoisotopic (exact) mass is 499 g/mol. The van der Waals surface area contributed by atoms with Crippen molar-refractivity contribution in [1.29, 1.82) is 0 Å². The lowest BCUT2D eigenvalue weighted by Gasteiger charge is -2.09. The van der Waals surface area contributed by atoms with Crippen LogP contribution in [0.25, 0.3) is 23.1 Å². The molecule has 3 aromatic rings. The van der Waals surface area contributed by atoms with E-state index in [-0.39, 0.29) is 43.2 Å². The van der Waals surface area contributed by atoms with Gasteiger partial charge in [-0.2, -0.15) is 0 Å². The Balaban J connectivity index is 0.00000320. The number of nitrogens with two attached hydrogens (primary N) is 2. The Bertz CT molecular complexity index is 1010. The highest BCUT2D eigenvalue weighted by atomic mass is 35.5. The molecule has 0 unspecified atom stereocenters. The third-order valence-electron chi connectivity index (χ3n) is 4.09. The Morgan fingerprint density at radius 3 is 2.62 bits per heavy atom. The molecule has 174 valence electrons. The second-order valence-electron chi connectivity index (χ2n) is 6.44. The Labute approximate surface area is 206 Å². The molecule has 0 atom stereocenters. The average Bonchev–Trinajstić information content (AvgIpc) is 2.72. The van der Waals surface area contributed by atoms with Crippen LogP contribution in [0.2, 0.25) is 0 Å². The molecule has 0 fully saturated rings. The van der Waals surface area contributed by atoms with Crippen LogP contribution in [0.3, 0.4) is 0 Å². The number of guanidine groups is 1. The van der Waals surface area contributed by atoms with Gasteiger partial charge in [-0.15, -0.1) is 37.2 Å². The van der Waals surface area contributed by atoms with Crippen molar-refractivity contribution < 1.29 is 4.84 Å². The van der Waals surface area contributed by atoms with E-state index in [4.69, 9.17) is 21.3 Å². The quantitative estimate of drug-likeness (QED) is 0.178. The van der Waals surface area contributed by atoms with Crippen LogP contribution in [0.1, 0.15) is 22.8 Å². The normalized spacial score (nSPS) is 10.2. The lowest BCUT2D eigenvalue weighted by atomic mass is 10.1. The first-order valence-corrected chi connectivity index (χ1v) is 9.38. The van der Waals surface area contributed by atoms with Crippen molar-refractivity contribution in [2.75, 3.05) is 19.7 Å². The Kier molecular flexibility index (Phi) is 14.1. The Morgan fingerprint density at radius 2 is 1.91 bits per heavy atom. The van der Waals surface area contributed by atoms with Crippen LogP contribution in [0.4, 0.5) is 0 Å². The second-order valence-corrected chi connectivity index (χ2v) is 6.44. The molecule has 3 rings (SSSR count). The Morgan fingerprint density at radius 1 is 1.09 bits per heavy atom. The van der Waals surface area contributed by atoms with E-state index in [1.165, 1.54) is 5.56 Å². The minimum absolute atomic E-state index is 0.